The molecule has 0 aromatic heterocycles. The zero-order chi connectivity index (χ0) is 18.7. The fraction of sp³-hybridized carbons (Fsp3) is 0.278. The summed E-state index contributed by atoms with van der Waals surface area (Å²) in [6, 6.07) is 10.0. The zero-order valence-corrected chi connectivity index (χ0v) is 16.3. The number of halogens is 2. The van der Waals surface area contributed by atoms with Gasteiger partial charge in [0.1, 0.15) is 10.7 Å². The molecular formula is C18H18BrFN2O3S. The van der Waals surface area contributed by atoms with Gasteiger partial charge in [-0.2, -0.15) is 4.31 Å². The van der Waals surface area contributed by atoms with Crippen LogP contribution in [0.3, 0.4) is 0 Å². The van der Waals surface area contributed by atoms with Crippen LogP contribution in [0.1, 0.15) is 29.6 Å². The van der Waals surface area contributed by atoms with Crippen molar-refractivity contribution in [1.82, 2.24) is 4.31 Å². The lowest BCUT2D eigenvalue weighted by molar-refractivity contribution is 0.102. The molecule has 0 aliphatic carbocycles. The Kier molecular flexibility index (Phi) is 5.74. The van der Waals surface area contributed by atoms with Crippen LogP contribution in [0.25, 0.3) is 0 Å². The van der Waals surface area contributed by atoms with Gasteiger partial charge < -0.3 is 5.32 Å². The first-order chi connectivity index (χ1) is 12.4. The van der Waals surface area contributed by atoms with Crippen LogP contribution in [0.4, 0.5) is 10.1 Å². The van der Waals surface area contributed by atoms with E-state index in [1.54, 1.807) is 12.1 Å². The van der Waals surface area contributed by atoms with E-state index >= 15 is 0 Å². The second-order valence-electron chi connectivity index (χ2n) is 6.04. The first-order valence-corrected chi connectivity index (χ1v) is 10.5. The molecule has 1 N–H and O–H groups in total. The molecule has 0 atom stereocenters. The summed E-state index contributed by atoms with van der Waals surface area (Å²) < 4.78 is 41.2. The molecule has 5 nitrogen and oxygen atoms in total. The Hall–Kier alpha value is -1.77. The third-order valence-electron chi connectivity index (χ3n) is 4.24. The quantitative estimate of drug-likeness (QED) is 0.780. The maximum Gasteiger partial charge on any atom is 0.256 e. The summed E-state index contributed by atoms with van der Waals surface area (Å²) >= 11 is 3.21. The fourth-order valence-electron chi connectivity index (χ4n) is 2.90. The van der Waals surface area contributed by atoms with Crippen molar-refractivity contribution in [3.8, 4) is 0 Å². The van der Waals surface area contributed by atoms with Crippen molar-refractivity contribution >= 4 is 37.5 Å². The highest BCUT2D eigenvalue weighted by atomic mass is 79.9. The maximum atomic E-state index is 13.5. The van der Waals surface area contributed by atoms with E-state index in [0.29, 0.717) is 17.6 Å². The SMILES string of the molecule is O=C(Nc1ccccc1S(=O)(=O)N1CCCCC1)c1cc(F)ccc1Br. The lowest BCUT2D eigenvalue weighted by atomic mass is 10.2. The second-order valence-corrected chi connectivity index (χ2v) is 8.80. The van der Waals surface area contributed by atoms with Gasteiger partial charge in [0.05, 0.1) is 11.3 Å². The predicted molar refractivity (Wildman–Crippen MR) is 101 cm³/mol. The van der Waals surface area contributed by atoms with Gasteiger partial charge in [0.15, 0.2) is 0 Å². The minimum absolute atomic E-state index is 0.0442. The van der Waals surface area contributed by atoms with E-state index in [0.717, 1.165) is 25.3 Å². The van der Waals surface area contributed by atoms with E-state index in [1.807, 2.05) is 0 Å². The summed E-state index contributed by atoms with van der Waals surface area (Å²) in [7, 11) is -3.71. The number of rotatable bonds is 4. The second kappa shape index (κ2) is 7.85. The van der Waals surface area contributed by atoms with Gasteiger partial charge in [0.25, 0.3) is 5.91 Å². The third-order valence-corrected chi connectivity index (χ3v) is 6.89. The molecule has 0 bridgehead atoms. The van der Waals surface area contributed by atoms with Crippen molar-refractivity contribution in [3.05, 3.63) is 58.3 Å². The van der Waals surface area contributed by atoms with Gasteiger partial charge in [-0.3, -0.25) is 4.79 Å². The van der Waals surface area contributed by atoms with Crippen LogP contribution < -0.4 is 5.32 Å². The summed E-state index contributed by atoms with van der Waals surface area (Å²) in [6.07, 6.45) is 2.66. The van der Waals surface area contributed by atoms with E-state index in [2.05, 4.69) is 21.2 Å². The van der Waals surface area contributed by atoms with E-state index in [4.69, 9.17) is 0 Å². The van der Waals surface area contributed by atoms with E-state index < -0.39 is 21.7 Å². The number of para-hydroxylation sites is 1. The number of carbonyl (C=O) groups is 1. The summed E-state index contributed by atoms with van der Waals surface area (Å²) in [5, 5.41) is 2.60. The third kappa shape index (κ3) is 3.97. The smallest absolute Gasteiger partial charge is 0.256 e. The van der Waals surface area contributed by atoms with Crippen molar-refractivity contribution in [1.29, 1.82) is 0 Å². The number of anilines is 1. The normalized spacial score (nSPS) is 15.6. The van der Waals surface area contributed by atoms with Crippen molar-refractivity contribution < 1.29 is 17.6 Å². The Bertz CT molecular complexity index is 928. The minimum Gasteiger partial charge on any atom is -0.321 e. The van der Waals surface area contributed by atoms with Gasteiger partial charge in [0, 0.05) is 17.6 Å². The Morgan fingerprint density at radius 1 is 1.08 bits per heavy atom. The molecule has 1 heterocycles. The average Bonchev–Trinajstić information content (AvgIpc) is 2.64. The first-order valence-electron chi connectivity index (χ1n) is 8.25. The largest absolute Gasteiger partial charge is 0.321 e. The monoisotopic (exact) mass is 440 g/mol. The number of piperidine rings is 1. The highest BCUT2D eigenvalue weighted by Crippen LogP contribution is 2.28. The van der Waals surface area contributed by atoms with Gasteiger partial charge in [-0.1, -0.05) is 18.6 Å². The Balaban J connectivity index is 1.92. The van der Waals surface area contributed by atoms with Gasteiger partial charge in [0.2, 0.25) is 10.0 Å². The number of nitrogens with one attached hydrogen (secondary N) is 1. The minimum atomic E-state index is -3.71. The number of amides is 1. The average molecular weight is 441 g/mol. The summed E-state index contributed by atoms with van der Waals surface area (Å²) in [5.74, 6) is -1.13. The molecule has 0 radical (unpaired) electrons. The molecule has 8 heteroatoms. The highest BCUT2D eigenvalue weighted by Gasteiger charge is 2.28. The fourth-order valence-corrected chi connectivity index (χ4v) is 4.99. The Labute approximate surface area is 160 Å². The topological polar surface area (TPSA) is 66.5 Å². The molecule has 1 fully saturated rings. The lowest BCUT2D eigenvalue weighted by Crippen LogP contribution is -2.36. The van der Waals surface area contributed by atoms with Crippen LogP contribution in [-0.2, 0) is 10.0 Å². The van der Waals surface area contributed by atoms with Crippen LogP contribution in [0.2, 0.25) is 0 Å². The standard InChI is InChI=1S/C18H18BrFN2O3S/c19-15-9-8-13(20)12-14(15)18(23)21-16-6-2-3-7-17(16)26(24,25)22-10-4-1-5-11-22/h2-3,6-9,12H,1,4-5,10-11H2,(H,21,23). The molecule has 1 aliphatic heterocycles. The van der Waals surface area contributed by atoms with Crippen molar-refractivity contribution in [2.24, 2.45) is 0 Å². The van der Waals surface area contributed by atoms with Gasteiger partial charge >= 0.3 is 0 Å². The van der Waals surface area contributed by atoms with Crippen LogP contribution >= 0.6 is 15.9 Å². The summed E-state index contributed by atoms with van der Waals surface area (Å²) in [5.41, 5.74) is 0.273. The van der Waals surface area contributed by atoms with Crippen LogP contribution in [0.15, 0.2) is 51.8 Å². The molecule has 3 rings (SSSR count). The number of carbonyl (C=O) groups excluding carboxylic acids is 1. The first kappa shape index (κ1) is 19.0. The molecule has 1 saturated heterocycles. The van der Waals surface area contributed by atoms with Crippen molar-refractivity contribution in [3.63, 3.8) is 0 Å². The van der Waals surface area contributed by atoms with Gasteiger partial charge in [-0.05, 0) is 59.1 Å². The van der Waals surface area contributed by atoms with Gasteiger partial charge in [-0.25, -0.2) is 12.8 Å². The Morgan fingerprint density at radius 3 is 2.50 bits per heavy atom. The Morgan fingerprint density at radius 2 is 1.77 bits per heavy atom. The number of benzene rings is 2. The molecule has 2 aromatic carbocycles. The van der Waals surface area contributed by atoms with Crippen LogP contribution in [0, 0.1) is 5.82 Å². The number of hydrogen-bond acceptors (Lipinski definition) is 3. The maximum absolute atomic E-state index is 13.5. The molecule has 138 valence electrons. The molecule has 0 spiro atoms. The number of hydrogen-bond donors (Lipinski definition) is 1. The van der Waals surface area contributed by atoms with Crippen molar-refractivity contribution in [2.45, 2.75) is 24.2 Å². The van der Waals surface area contributed by atoms with Crippen LogP contribution in [0.5, 0.6) is 0 Å². The number of sulfonamides is 1. The predicted octanol–water partition coefficient (Wildman–Crippen LogP) is 4.02. The van der Waals surface area contributed by atoms with Gasteiger partial charge in [-0.15, -0.1) is 0 Å². The van der Waals surface area contributed by atoms with E-state index in [-0.39, 0.29) is 16.1 Å². The molecule has 1 amide bonds. The summed E-state index contributed by atoms with van der Waals surface area (Å²) in [4.78, 5) is 12.6. The molecule has 0 unspecified atom stereocenters. The summed E-state index contributed by atoms with van der Waals surface area (Å²) in [6.45, 7) is 0.945. The van der Waals surface area contributed by atoms with Crippen LogP contribution in [-0.4, -0.2) is 31.7 Å². The molecule has 26 heavy (non-hydrogen) atoms. The molecule has 2 aromatic rings. The van der Waals surface area contributed by atoms with E-state index in [9.17, 15) is 17.6 Å². The van der Waals surface area contributed by atoms with E-state index in [1.165, 1.54) is 28.6 Å². The molecule has 0 saturated carbocycles. The highest BCUT2D eigenvalue weighted by molar-refractivity contribution is 9.10. The lowest BCUT2D eigenvalue weighted by Gasteiger charge is -2.26. The molecule has 1 aliphatic rings. The number of nitrogens with zero attached hydrogens (tertiary/aromatic N) is 1. The molecular weight excluding hydrogens is 423 g/mol. The zero-order valence-electron chi connectivity index (χ0n) is 13.9. The van der Waals surface area contributed by atoms with Crippen molar-refractivity contribution in [2.75, 3.05) is 18.4 Å².